The lowest BCUT2D eigenvalue weighted by atomic mass is 10.1. The molecule has 1 aromatic rings. The Kier molecular flexibility index (Phi) is 9.88. The molecule has 0 bridgehead atoms. The van der Waals surface area contributed by atoms with E-state index in [0.717, 1.165) is 37.4 Å². The highest BCUT2D eigenvalue weighted by molar-refractivity contribution is 5.21. The summed E-state index contributed by atoms with van der Waals surface area (Å²) in [5, 5.41) is 3.44. The van der Waals surface area contributed by atoms with E-state index in [1.54, 1.807) is 0 Å². The molecule has 1 N–H and O–H groups in total. The van der Waals surface area contributed by atoms with Crippen molar-refractivity contribution in [2.45, 2.75) is 71.8 Å². The van der Waals surface area contributed by atoms with Gasteiger partial charge in [-0.15, -0.1) is 0 Å². The zero-order valence-corrected chi connectivity index (χ0v) is 14.0. The minimum Gasteiger partial charge on any atom is -0.492 e. The van der Waals surface area contributed by atoms with Crippen LogP contribution in [-0.2, 0) is 0 Å². The van der Waals surface area contributed by atoms with Crippen LogP contribution in [0.5, 0.6) is 5.75 Å². The van der Waals surface area contributed by atoms with Gasteiger partial charge in [0, 0.05) is 6.04 Å². The molecule has 0 aromatic carbocycles. The van der Waals surface area contributed by atoms with Crippen molar-refractivity contribution < 1.29 is 4.74 Å². The van der Waals surface area contributed by atoms with Gasteiger partial charge in [-0.25, -0.2) is 0 Å². The molecular formula is C18H32N2O. The lowest BCUT2D eigenvalue weighted by Crippen LogP contribution is -2.20. The molecule has 0 fully saturated rings. The van der Waals surface area contributed by atoms with Crippen LogP contribution in [-0.4, -0.2) is 18.1 Å². The van der Waals surface area contributed by atoms with E-state index >= 15 is 0 Å². The van der Waals surface area contributed by atoms with Gasteiger partial charge in [-0.3, -0.25) is 4.98 Å². The van der Waals surface area contributed by atoms with Gasteiger partial charge in [-0.2, -0.15) is 0 Å². The molecule has 0 radical (unpaired) electrons. The molecule has 1 heterocycles. The number of hydrogen-bond donors (Lipinski definition) is 1. The van der Waals surface area contributed by atoms with Crippen LogP contribution in [0.1, 0.15) is 77.5 Å². The first-order chi connectivity index (χ1) is 10.3. The Morgan fingerprint density at radius 2 is 1.81 bits per heavy atom. The van der Waals surface area contributed by atoms with Crippen molar-refractivity contribution in [1.29, 1.82) is 0 Å². The Morgan fingerprint density at radius 1 is 1.05 bits per heavy atom. The van der Waals surface area contributed by atoms with E-state index in [0.29, 0.717) is 6.04 Å². The number of rotatable bonds is 12. The Labute approximate surface area is 130 Å². The molecule has 1 aromatic heterocycles. The molecule has 0 saturated carbocycles. The molecule has 120 valence electrons. The minimum absolute atomic E-state index is 0.303. The van der Waals surface area contributed by atoms with Gasteiger partial charge in [-0.05, 0) is 38.4 Å². The van der Waals surface area contributed by atoms with Crippen molar-refractivity contribution in [2.24, 2.45) is 0 Å². The molecule has 1 unspecified atom stereocenters. The maximum atomic E-state index is 5.75. The topological polar surface area (TPSA) is 34.1 Å². The lowest BCUT2D eigenvalue weighted by molar-refractivity contribution is 0.303. The van der Waals surface area contributed by atoms with Crippen LogP contribution in [0.3, 0.4) is 0 Å². The first kappa shape index (κ1) is 18.0. The summed E-state index contributed by atoms with van der Waals surface area (Å²) in [6.07, 6.45) is 10.7. The van der Waals surface area contributed by atoms with Gasteiger partial charge in [0.2, 0.25) is 0 Å². The number of unbranched alkanes of at least 4 members (excludes halogenated alkanes) is 5. The van der Waals surface area contributed by atoms with Crippen LogP contribution in [0.15, 0.2) is 18.3 Å². The zero-order chi connectivity index (χ0) is 15.3. The van der Waals surface area contributed by atoms with Crippen LogP contribution in [0.25, 0.3) is 0 Å². The predicted molar refractivity (Wildman–Crippen MR) is 89.8 cm³/mol. The van der Waals surface area contributed by atoms with E-state index in [1.165, 1.54) is 32.1 Å². The van der Waals surface area contributed by atoms with Crippen molar-refractivity contribution in [2.75, 3.05) is 13.2 Å². The standard InChI is InChI=1S/C18H32N2O/c1-4-6-7-8-9-10-14-21-17-11-12-18(20-15-17)16(3)19-13-5-2/h11-12,15-16,19H,4-10,13-14H2,1-3H3. The molecule has 0 saturated heterocycles. The lowest BCUT2D eigenvalue weighted by Gasteiger charge is -2.13. The molecule has 0 aliphatic carbocycles. The summed E-state index contributed by atoms with van der Waals surface area (Å²) in [7, 11) is 0. The summed E-state index contributed by atoms with van der Waals surface area (Å²) in [5.41, 5.74) is 1.08. The molecule has 21 heavy (non-hydrogen) atoms. The summed E-state index contributed by atoms with van der Waals surface area (Å²) in [4.78, 5) is 4.48. The Morgan fingerprint density at radius 3 is 2.48 bits per heavy atom. The Bertz CT molecular complexity index is 351. The Hall–Kier alpha value is -1.09. The maximum absolute atomic E-state index is 5.75. The summed E-state index contributed by atoms with van der Waals surface area (Å²) in [6, 6.07) is 4.39. The monoisotopic (exact) mass is 292 g/mol. The third kappa shape index (κ3) is 8.05. The van der Waals surface area contributed by atoms with Crippen molar-refractivity contribution in [3.63, 3.8) is 0 Å². The largest absolute Gasteiger partial charge is 0.492 e. The fourth-order valence-corrected chi connectivity index (χ4v) is 2.27. The highest BCUT2D eigenvalue weighted by atomic mass is 16.5. The van der Waals surface area contributed by atoms with Crippen LogP contribution in [0.4, 0.5) is 0 Å². The summed E-state index contributed by atoms with van der Waals surface area (Å²) >= 11 is 0. The highest BCUT2D eigenvalue weighted by Gasteiger charge is 2.05. The molecule has 3 heteroatoms. The minimum atomic E-state index is 0.303. The number of hydrogen-bond acceptors (Lipinski definition) is 3. The maximum Gasteiger partial charge on any atom is 0.137 e. The predicted octanol–water partition coefficient (Wildman–Crippen LogP) is 4.88. The number of nitrogens with zero attached hydrogens (tertiary/aromatic N) is 1. The molecular weight excluding hydrogens is 260 g/mol. The summed E-state index contributed by atoms with van der Waals surface area (Å²) in [5.74, 6) is 0.884. The third-order valence-corrected chi connectivity index (χ3v) is 3.67. The van der Waals surface area contributed by atoms with Crippen molar-refractivity contribution in [3.8, 4) is 5.75 Å². The second-order valence-electron chi connectivity index (χ2n) is 5.71. The summed E-state index contributed by atoms with van der Waals surface area (Å²) in [6.45, 7) is 8.40. The van der Waals surface area contributed by atoms with Gasteiger partial charge in [0.05, 0.1) is 18.5 Å². The zero-order valence-electron chi connectivity index (χ0n) is 14.0. The number of ether oxygens (including phenoxy) is 1. The van der Waals surface area contributed by atoms with Crippen LogP contribution in [0, 0.1) is 0 Å². The van der Waals surface area contributed by atoms with E-state index in [9.17, 15) is 0 Å². The summed E-state index contributed by atoms with van der Waals surface area (Å²) < 4.78 is 5.75. The first-order valence-corrected chi connectivity index (χ1v) is 8.60. The van der Waals surface area contributed by atoms with E-state index in [4.69, 9.17) is 4.74 Å². The average molecular weight is 292 g/mol. The van der Waals surface area contributed by atoms with Gasteiger partial charge in [-0.1, -0.05) is 46.0 Å². The van der Waals surface area contributed by atoms with Gasteiger partial charge in [0.15, 0.2) is 0 Å². The molecule has 3 nitrogen and oxygen atoms in total. The van der Waals surface area contributed by atoms with Gasteiger partial charge in [0.1, 0.15) is 5.75 Å². The molecule has 1 rings (SSSR count). The van der Waals surface area contributed by atoms with Gasteiger partial charge < -0.3 is 10.1 Å². The molecule has 0 aliphatic rings. The van der Waals surface area contributed by atoms with Crippen molar-refractivity contribution in [3.05, 3.63) is 24.0 Å². The van der Waals surface area contributed by atoms with Crippen molar-refractivity contribution >= 4 is 0 Å². The van der Waals surface area contributed by atoms with Crippen LogP contribution in [0.2, 0.25) is 0 Å². The molecule has 0 spiro atoms. The molecule has 1 atom stereocenters. The normalized spacial score (nSPS) is 12.3. The number of nitrogens with one attached hydrogen (secondary N) is 1. The van der Waals surface area contributed by atoms with Crippen molar-refractivity contribution in [1.82, 2.24) is 10.3 Å². The van der Waals surface area contributed by atoms with Crippen LogP contribution < -0.4 is 10.1 Å². The van der Waals surface area contributed by atoms with E-state index in [1.807, 2.05) is 12.3 Å². The number of pyridine rings is 1. The highest BCUT2D eigenvalue weighted by Crippen LogP contribution is 2.15. The average Bonchev–Trinajstić information content (AvgIpc) is 2.52. The fourth-order valence-electron chi connectivity index (χ4n) is 2.27. The van der Waals surface area contributed by atoms with Crippen LogP contribution >= 0.6 is 0 Å². The Balaban J connectivity index is 2.19. The first-order valence-electron chi connectivity index (χ1n) is 8.60. The fraction of sp³-hybridized carbons (Fsp3) is 0.722. The van der Waals surface area contributed by atoms with E-state index in [2.05, 4.69) is 37.1 Å². The molecule has 0 amide bonds. The van der Waals surface area contributed by atoms with Gasteiger partial charge in [0.25, 0.3) is 0 Å². The second-order valence-corrected chi connectivity index (χ2v) is 5.71. The van der Waals surface area contributed by atoms with Gasteiger partial charge >= 0.3 is 0 Å². The molecule has 0 aliphatic heterocycles. The SMILES string of the molecule is CCCCCCCCOc1ccc(C(C)NCCC)nc1. The van der Waals surface area contributed by atoms with E-state index in [-0.39, 0.29) is 0 Å². The second kappa shape index (κ2) is 11.6. The number of aromatic nitrogens is 1. The third-order valence-electron chi connectivity index (χ3n) is 3.67. The quantitative estimate of drug-likeness (QED) is 0.557. The van der Waals surface area contributed by atoms with E-state index < -0.39 is 0 Å². The smallest absolute Gasteiger partial charge is 0.137 e.